The zero-order valence-corrected chi connectivity index (χ0v) is 12.9. The molecule has 0 saturated carbocycles. The number of para-hydroxylation sites is 1. The topological polar surface area (TPSA) is 59.0 Å². The molecular weight excluding hydrogens is 288 g/mol. The van der Waals surface area contributed by atoms with Gasteiger partial charge >= 0.3 is 6.03 Å². The van der Waals surface area contributed by atoms with Crippen molar-refractivity contribution in [1.82, 2.24) is 15.1 Å². The van der Waals surface area contributed by atoms with Crippen LogP contribution in [0.3, 0.4) is 0 Å². The van der Waals surface area contributed by atoms with E-state index >= 15 is 0 Å². The number of carbonyl (C=O) groups is 1. The van der Waals surface area contributed by atoms with Crippen LogP contribution in [0.5, 0.6) is 0 Å². The molecule has 1 heterocycles. The molecule has 23 heavy (non-hydrogen) atoms. The number of hydrogen-bond acceptors (Lipinski definition) is 2. The molecule has 0 radical (unpaired) electrons. The van der Waals surface area contributed by atoms with Gasteiger partial charge in [0, 0.05) is 18.8 Å². The standard InChI is InChI=1S/C18H18N4O/c1-14-7-9-15(10-8-14)13-19-18(23)20-17-11-12-22(21-17)16-5-3-2-4-6-16/h2-12H,13H2,1H3,(H2,19,20,21,23). The molecule has 0 aliphatic carbocycles. The van der Waals surface area contributed by atoms with E-state index in [1.165, 1.54) is 5.56 Å². The van der Waals surface area contributed by atoms with Crippen LogP contribution in [0, 0.1) is 6.92 Å². The minimum absolute atomic E-state index is 0.274. The number of nitrogens with one attached hydrogen (secondary N) is 2. The average molecular weight is 306 g/mol. The largest absolute Gasteiger partial charge is 0.334 e. The molecule has 0 spiro atoms. The Morgan fingerprint density at radius 2 is 1.78 bits per heavy atom. The summed E-state index contributed by atoms with van der Waals surface area (Å²) >= 11 is 0. The lowest BCUT2D eigenvalue weighted by Crippen LogP contribution is -2.28. The molecule has 0 aliphatic rings. The molecule has 0 bridgehead atoms. The van der Waals surface area contributed by atoms with Crippen LogP contribution in [0.25, 0.3) is 5.69 Å². The summed E-state index contributed by atoms with van der Waals surface area (Å²) in [6.45, 7) is 2.51. The highest BCUT2D eigenvalue weighted by atomic mass is 16.2. The first-order chi connectivity index (χ1) is 11.2. The fraction of sp³-hybridized carbons (Fsp3) is 0.111. The first-order valence-electron chi connectivity index (χ1n) is 7.42. The molecule has 5 nitrogen and oxygen atoms in total. The predicted molar refractivity (Wildman–Crippen MR) is 90.6 cm³/mol. The van der Waals surface area contributed by atoms with Crippen LogP contribution in [-0.2, 0) is 6.54 Å². The zero-order valence-electron chi connectivity index (χ0n) is 12.9. The van der Waals surface area contributed by atoms with Gasteiger partial charge in [0.25, 0.3) is 0 Å². The summed E-state index contributed by atoms with van der Waals surface area (Å²) in [5, 5.41) is 9.88. The van der Waals surface area contributed by atoms with Crippen molar-refractivity contribution in [2.75, 3.05) is 5.32 Å². The van der Waals surface area contributed by atoms with Crippen molar-refractivity contribution in [1.29, 1.82) is 0 Å². The third kappa shape index (κ3) is 3.97. The molecule has 2 amide bonds. The molecule has 1 aromatic heterocycles. The lowest BCUT2D eigenvalue weighted by atomic mass is 10.1. The van der Waals surface area contributed by atoms with Gasteiger partial charge in [0.1, 0.15) is 0 Å². The fourth-order valence-electron chi connectivity index (χ4n) is 2.16. The molecule has 0 fully saturated rings. The molecular formula is C18H18N4O. The van der Waals surface area contributed by atoms with E-state index in [0.717, 1.165) is 11.3 Å². The van der Waals surface area contributed by atoms with Crippen molar-refractivity contribution in [3.05, 3.63) is 78.0 Å². The Morgan fingerprint density at radius 3 is 2.52 bits per heavy atom. The summed E-state index contributed by atoms with van der Waals surface area (Å²) in [7, 11) is 0. The van der Waals surface area contributed by atoms with Crippen LogP contribution in [0.15, 0.2) is 66.9 Å². The Morgan fingerprint density at radius 1 is 1.04 bits per heavy atom. The molecule has 116 valence electrons. The van der Waals surface area contributed by atoms with Gasteiger partial charge in [-0.15, -0.1) is 5.10 Å². The fourth-order valence-corrected chi connectivity index (χ4v) is 2.16. The number of aromatic nitrogens is 2. The van der Waals surface area contributed by atoms with Crippen molar-refractivity contribution < 1.29 is 4.79 Å². The predicted octanol–water partition coefficient (Wildman–Crippen LogP) is 3.50. The van der Waals surface area contributed by atoms with E-state index in [2.05, 4.69) is 15.7 Å². The third-order valence-corrected chi connectivity index (χ3v) is 3.43. The van der Waals surface area contributed by atoms with Crippen molar-refractivity contribution in [3.63, 3.8) is 0 Å². The van der Waals surface area contributed by atoms with Gasteiger partial charge in [0.05, 0.1) is 5.69 Å². The van der Waals surface area contributed by atoms with E-state index in [4.69, 9.17) is 0 Å². The lowest BCUT2D eigenvalue weighted by molar-refractivity contribution is 0.251. The van der Waals surface area contributed by atoms with E-state index in [1.54, 1.807) is 10.7 Å². The Kier molecular flexibility index (Phi) is 4.38. The number of hydrogen-bond donors (Lipinski definition) is 2. The van der Waals surface area contributed by atoms with Gasteiger partial charge in [-0.05, 0) is 24.6 Å². The highest BCUT2D eigenvalue weighted by Crippen LogP contribution is 2.09. The Balaban J connectivity index is 1.56. The second kappa shape index (κ2) is 6.79. The smallest absolute Gasteiger partial charge is 0.320 e. The molecule has 2 N–H and O–H groups in total. The second-order valence-corrected chi connectivity index (χ2v) is 5.27. The van der Waals surface area contributed by atoms with Crippen molar-refractivity contribution >= 4 is 11.8 Å². The molecule has 0 atom stereocenters. The maximum Gasteiger partial charge on any atom is 0.320 e. The van der Waals surface area contributed by atoms with Gasteiger partial charge in [0.2, 0.25) is 0 Å². The number of nitrogens with zero attached hydrogens (tertiary/aromatic N) is 2. The summed E-state index contributed by atoms with van der Waals surface area (Å²) in [4.78, 5) is 11.9. The SMILES string of the molecule is Cc1ccc(CNC(=O)Nc2ccn(-c3ccccc3)n2)cc1. The van der Waals surface area contributed by atoms with E-state index in [-0.39, 0.29) is 6.03 Å². The normalized spacial score (nSPS) is 10.3. The Bertz CT molecular complexity index is 778. The van der Waals surface area contributed by atoms with E-state index < -0.39 is 0 Å². The third-order valence-electron chi connectivity index (χ3n) is 3.43. The van der Waals surface area contributed by atoms with Gasteiger partial charge in [-0.1, -0.05) is 48.0 Å². The second-order valence-electron chi connectivity index (χ2n) is 5.27. The molecule has 2 aromatic carbocycles. The van der Waals surface area contributed by atoms with Crippen LogP contribution in [-0.4, -0.2) is 15.8 Å². The van der Waals surface area contributed by atoms with Gasteiger partial charge in [-0.3, -0.25) is 5.32 Å². The first kappa shape index (κ1) is 14.8. The summed E-state index contributed by atoms with van der Waals surface area (Å²) in [5.41, 5.74) is 3.20. The van der Waals surface area contributed by atoms with Gasteiger partial charge in [-0.2, -0.15) is 0 Å². The van der Waals surface area contributed by atoms with Crippen molar-refractivity contribution in [3.8, 4) is 5.69 Å². The van der Waals surface area contributed by atoms with Gasteiger partial charge in [-0.25, -0.2) is 9.48 Å². The van der Waals surface area contributed by atoms with E-state index in [0.29, 0.717) is 12.4 Å². The number of urea groups is 1. The average Bonchev–Trinajstić information content (AvgIpc) is 3.04. The van der Waals surface area contributed by atoms with Crippen LogP contribution >= 0.6 is 0 Å². The molecule has 3 rings (SSSR count). The van der Waals surface area contributed by atoms with Crippen molar-refractivity contribution in [2.24, 2.45) is 0 Å². The summed E-state index contributed by atoms with van der Waals surface area (Å²) in [6.07, 6.45) is 1.81. The van der Waals surface area contributed by atoms with Crippen LogP contribution in [0.1, 0.15) is 11.1 Å². The van der Waals surface area contributed by atoms with Crippen LogP contribution in [0.2, 0.25) is 0 Å². The monoisotopic (exact) mass is 306 g/mol. The first-order valence-corrected chi connectivity index (χ1v) is 7.42. The number of amides is 2. The van der Waals surface area contributed by atoms with Crippen LogP contribution in [0.4, 0.5) is 10.6 Å². The maximum atomic E-state index is 11.9. The minimum Gasteiger partial charge on any atom is -0.334 e. The highest BCUT2D eigenvalue weighted by molar-refractivity contribution is 5.88. The van der Waals surface area contributed by atoms with Gasteiger partial charge < -0.3 is 5.32 Å². The number of aryl methyl sites for hydroxylation is 1. The van der Waals surface area contributed by atoms with Crippen LogP contribution < -0.4 is 10.6 Å². The number of carbonyl (C=O) groups excluding carboxylic acids is 1. The van der Waals surface area contributed by atoms with E-state index in [9.17, 15) is 4.79 Å². The minimum atomic E-state index is -0.274. The number of anilines is 1. The lowest BCUT2D eigenvalue weighted by Gasteiger charge is -2.06. The molecule has 0 aliphatic heterocycles. The molecule has 0 saturated heterocycles. The Labute approximate surface area is 135 Å². The van der Waals surface area contributed by atoms with E-state index in [1.807, 2.05) is 67.7 Å². The highest BCUT2D eigenvalue weighted by Gasteiger charge is 2.05. The summed E-state index contributed by atoms with van der Waals surface area (Å²) in [6, 6.07) is 19.3. The molecule has 3 aromatic rings. The molecule has 0 unspecified atom stereocenters. The summed E-state index contributed by atoms with van der Waals surface area (Å²) in [5.74, 6) is 0.509. The quantitative estimate of drug-likeness (QED) is 0.775. The summed E-state index contributed by atoms with van der Waals surface area (Å²) < 4.78 is 1.72. The molecule has 5 heteroatoms. The zero-order chi connectivity index (χ0) is 16.1. The van der Waals surface area contributed by atoms with Crippen molar-refractivity contribution in [2.45, 2.75) is 13.5 Å². The number of benzene rings is 2. The van der Waals surface area contributed by atoms with Gasteiger partial charge in [0.15, 0.2) is 5.82 Å². The Hall–Kier alpha value is -3.08. The maximum absolute atomic E-state index is 11.9. The number of rotatable bonds is 4.